The summed E-state index contributed by atoms with van der Waals surface area (Å²) in [6.45, 7) is 1.53. The van der Waals surface area contributed by atoms with Gasteiger partial charge in [-0.25, -0.2) is 0 Å². The zero-order chi connectivity index (χ0) is 10.7. The van der Waals surface area contributed by atoms with E-state index in [0.717, 1.165) is 24.5 Å². The van der Waals surface area contributed by atoms with E-state index >= 15 is 0 Å². The molecule has 0 aromatic carbocycles. The Morgan fingerprint density at radius 3 is 2.67 bits per heavy atom. The zero-order valence-corrected chi connectivity index (χ0v) is 9.01. The number of aromatic nitrogens is 4. The third-order valence-electron chi connectivity index (χ3n) is 2.15. The smallest absolute Gasteiger partial charge is 0.0849 e. The second-order valence-electron chi connectivity index (χ2n) is 3.52. The Labute approximate surface area is 88.7 Å². The van der Waals surface area contributed by atoms with E-state index in [1.807, 2.05) is 43.3 Å². The van der Waals surface area contributed by atoms with Crippen LogP contribution in [0.25, 0.3) is 0 Å². The van der Waals surface area contributed by atoms with Crippen LogP contribution in [0.3, 0.4) is 0 Å². The summed E-state index contributed by atoms with van der Waals surface area (Å²) >= 11 is 0. The first kappa shape index (κ1) is 9.92. The Hall–Kier alpha value is -1.62. The molecule has 2 heterocycles. The van der Waals surface area contributed by atoms with Crippen molar-refractivity contribution in [1.82, 2.24) is 24.9 Å². The molecule has 0 bridgehead atoms. The fourth-order valence-corrected chi connectivity index (χ4v) is 1.48. The summed E-state index contributed by atoms with van der Waals surface area (Å²) in [7, 11) is 3.83. The summed E-state index contributed by atoms with van der Waals surface area (Å²) < 4.78 is 3.70. The second-order valence-corrected chi connectivity index (χ2v) is 3.52. The molecule has 5 nitrogen and oxygen atoms in total. The van der Waals surface area contributed by atoms with Crippen molar-refractivity contribution in [1.29, 1.82) is 0 Å². The van der Waals surface area contributed by atoms with E-state index in [4.69, 9.17) is 0 Å². The highest BCUT2D eigenvalue weighted by atomic mass is 15.3. The molecule has 0 unspecified atom stereocenters. The molecular formula is C10H15N5. The summed E-state index contributed by atoms with van der Waals surface area (Å²) in [5.41, 5.74) is 2.07. The SMILES string of the molecule is CNCc1ccn(Cc2ccn(C)n2)n1. The van der Waals surface area contributed by atoms with Gasteiger partial charge in [-0.05, 0) is 19.2 Å². The van der Waals surface area contributed by atoms with Gasteiger partial charge in [0.05, 0.1) is 17.9 Å². The lowest BCUT2D eigenvalue weighted by molar-refractivity contribution is 0.633. The molecule has 5 heteroatoms. The fraction of sp³-hybridized carbons (Fsp3) is 0.400. The molecule has 0 atom stereocenters. The lowest BCUT2D eigenvalue weighted by Gasteiger charge is -1.97. The monoisotopic (exact) mass is 205 g/mol. The summed E-state index contributed by atoms with van der Waals surface area (Å²) in [5.74, 6) is 0. The number of hydrogen-bond acceptors (Lipinski definition) is 3. The molecule has 2 aromatic heterocycles. The summed E-state index contributed by atoms with van der Waals surface area (Å²) in [5, 5.41) is 11.8. The molecule has 2 aromatic rings. The highest BCUT2D eigenvalue weighted by Crippen LogP contribution is 2.00. The van der Waals surface area contributed by atoms with Crippen LogP contribution in [0.2, 0.25) is 0 Å². The van der Waals surface area contributed by atoms with Gasteiger partial charge in [0.1, 0.15) is 0 Å². The molecule has 0 aliphatic heterocycles. The van der Waals surface area contributed by atoms with E-state index in [0.29, 0.717) is 0 Å². The molecular weight excluding hydrogens is 190 g/mol. The molecule has 15 heavy (non-hydrogen) atoms. The van der Waals surface area contributed by atoms with Gasteiger partial charge in [-0.15, -0.1) is 0 Å². The van der Waals surface area contributed by atoms with Gasteiger partial charge in [-0.3, -0.25) is 9.36 Å². The number of nitrogens with one attached hydrogen (secondary N) is 1. The predicted molar refractivity (Wildman–Crippen MR) is 57.3 cm³/mol. The van der Waals surface area contributed by atoms with Gasteiger partial charge in [0.25, 0.3) is 0 Å². The van der Waals surface area contributed by atoms with Crippen LogP contribution in [0.15, 0.2) is 24.5 Å². The first-order valence-corrected chi connectivity index (χ1v) is 4.93. The first-order chi connectivity index (χ1) is 7.28. The van der Waals surface area contributed by atoms with Gasteiger partial charge in [0, 0.05) is 26.0 Å². The molecule has 0 radical (unpaired) electrons. The molecule has 0 fully saturated rings. The molecule has 0 spiro atoms. The average molecular weight is 205 g/mol. The van der Waals surface area contributed by atoms with Crippen molar-refractivity contribution < 1.29 is 0 Å². The molecule has 0 saturated carbocycles. The van der Waals surface area contributed by atoms with Crippen LogP contribution in [-0.2, 0) is 20.1 Å². The highest BCUT2D eigenvalue weighted by molar-refractivity contribution is 5.03. The topological polar surface area (TPSA) is 47.7 Å². The maximum atomic E-state index is 4.41. The van der Waals surface area contributed by atoms with Crippen LogP contribution in [0.4, 0.5) is 0 Å². The standard InChI is InChI=1S/C10H15N5/c1-11-7-9-4-6-15(13-9)8-10-3-5-14(2)12-10/h3-6,11H,7-8H2,1-2H3. The normalized spacial score (nSPS) is 10.8. The van der Waals surface area contributed by atoms with Crippen molar-refractivity contribution in [3.63, 3.8) is 0 Å². The van der Waals surface area contributed by atoms with Gasteiger partial charge in [-0.2, -0.15) is 10.2 Å². The Morgan fingerprint density at radius 2 is 2.00 bits per heavy atom. The summed E-state index contributed by atoms with van der Waals surface area (Å²) in [6, 6.07) is 4.01. The lowest BCUT2D eigenvalue weighted by Crippen LogP contribution is -2.07. The van der Waals surface area contributed by atoms with E-state index in [2.05, 4.69) is 15.5 Å². The first-order valence-electron chi connectivity index (χ1n) is 4.93. The van der Waals surface area contributed by atoms with Gasteiger partial charge in [0.2, 0.25) is 0 Å². The van der Waals surface area contributed by atoms with E-state index in [9.17, 15) is 0 Å². The minimum absolute atomic E-state index is 0.727. The largest absolute Gasteiger partial charge is 0.314 e. The van der Waals surface area contributed by atoms with Crippen molar-refractivity contribution in [2.75, 3.05) is 7.05 Å². The van der Waals surface area contributed by atoms with Crippen LogP contribution in [0.1, 0.15) is 11.4 Å². The van der Waals surface area contributed by atoms with Crippen LogP contribution < -0.4 is 5.32 Å². The average Bonchev–Trinajstić information content (AvgIpc) is 2.78. The Kier molecular flexibility index (Phi) is 2.82. The molecule has 80 valence electrons. The predicted octanol–water partition coefficient (Wildman–Crippen LogP) is 0.384. The summed E-state index contributed by atoms with van der Waals surface area (Å²) in [6.07, 6.45) is 3.91. The van der Waals surface area contributed by atoms with E-state index < -0.39 is 0 Å². The molecule has 0 amide bonds. The Bertz CT molecular complexity index is 428. The summed E-state index contributed by atoms with van der Waals surface area (Å²) in [4.78, 5) is 0. The Balaban J connectivity index is 2.04. The Morgan fingerprint density at radius 1 is 1.20 bits per heavy atom. The fourth-order valence-electron chi connectivity index (χ4n) is 1.48. The zero-order valence-electron chi connectivity index (χ0n) is 9.01. The van der Waals surface area contributed by atoms with Crippen molar-refractivity contribution >= 4 is 0 Å². The molecule has 0 saturated heterocycles. The van der Waals surface area contributed by atoms with Gasteiger partial charge < -0.3 is 5.32 Å². The number of aryl methyl sites for hydroxylation is 1. The van der Waals surface area contributed by atoms with E-state index in [-0.39, 0.29) is 0 Å². The van der Waals surface area contributed by atoms with E-state index in [1.54, 1.807) is 4.68 Å². The quantitative estimate of drug-likeness (QED) is 0.785. The second kappa shape index (κ2) is 4.27. The highest BCUT2D eigenvalue weighted by Gasteiger charge is 2.00. The molecule has 2 rings (SSSR count). The minimum Gasteiger partial charge on any atom is -0.314 e. The van der Waals surface area contributed by atoms with E-state index in [1.165, 1.54) is 0 Å². The third kappa shape index (κ3) is 2.44. The molecule has 0 aliphatic rings. The van der Waals surface area contributed by atoms with Crippen molar-refractivity contribution in [2.45, 2.75) is 13.1 Å². The van der Waals surface area contributed by atoms with Crippen molar-refractivity contribution in [2.24, 2.45) is 7.05 Å². The number of hydrogen-bond donors (Lipinski definition) is 1. The number of nitrogens with zero attached hydrogens (tertiary/aromatic N) is 4. The lowest BCUT2D eigenvalue weighted by atomic mass is 10.4. The van der Waals surface area contributed by atoms with Gasteiger partial charge >= 0.3 is 0 Å². The maximum absolute atomic E-state index is 4.41. The van der Waals surface area contributed by atoms with Crippen molar-refractivity contribution in [3.8, 4) is 0 Å². The van der Waals surface area contributed by atoms with Crippen LogP contribution >= 0.6 is 0 Å². The van der Waals surface area contributed by atoms with Gasteiger partial charge in [-0.1, -0.05) is 0 Å². The maximum Gasteiger partial charge on any atom is 0.0849 e. The number of rotatable bonds is 4. The third-order valence-corrected chi connectivity index (χ3v) is 2.15. The van der Waals surface area contributed by atoms with Crippen LogP contribution in [0.5, 0.6) is 0 Å². The minimum atomic E-state index is 0.727. The van der Waals surface area contributed by atoms with Crippen LogP contribution in [0, 0.1) is 0 Å². The van der Waals surface area contributed by atoms with Crippen LogP contribution in [-0.4, -0.2) is 26.6 Å². The van der Waals surface area contributed by atoms with Gasteiger partial charge in [0.15, 0.2) is 0 Å². The molecule has 0 aliphatic carbocycles. The van der Waals surface area contributed by atoms with Crippen molar-refractivity contribution in [3.05, 3.63) is 35.9 Å². The molecule has 1 N–H and O–H groups in total.